The lowest BCUT2D eigenvalue weighted by atomic mass is 10.1. The predicted molar refractivity (Wildman–Crippen MR) is 102 cm³/mol. The SMILES string of the molecule is COc1ccc(/C=C/C(=O)c2c(OC)cc(OC)c(Br)c2O)c(OC)c1. The van der Waals surface area contributed by atoms with Gasteiger partial charge in [-0.3, -0.25) is 4.79 Å². The molecule has 0 bridgehead atoms. The number of methoxy groups -OCH3 is 4. The maximum absolute atomic E-state index is 12.6. The van der Waals surface area contributed by atoms with Crippen LogP contribution in [0.1, 0.15) is 15.9 Å². The molecule has 1 N–H and O–H groups in total. The highest BCUT2D eigenvalue weighted by atomic mass is 79.9. The van der Waals surface area contributed by atoms with E-state index in [-0.39, 0.29) is 21.5 Å². The van der Waals surface area contributed by atoms with Crippen LogP contribution in [0.4, 0.5) is 0 Å². The summed E-state index contributed by atoms with van der Waals surface area (Å²) in [5.41, 5.74) is 0.719. The van der Waals surface area contributed by atoms with Crippen LogP contribution in [-0.4, -0.2) is 39.3 Å². The zero-order valence-corrected chi connectivity index (χ0v) is 16.4. The fourth-order valence-electron chi connectivity index (χ4n) is 2.35. The average molecular weight is 423 g/mol. The van der Waals surface area contributed by atoms with Gasteiger partial charge in [-0.25, -0.2) is 0 Å². The van der Waals surface area contributed by atoms with E-state index in [1.807, 2.05) is 0 Å². The van der Waals surface area contributed by atoms with E-state index in [0.29, 0.717) is 22.8 Å². The smallest absolute Gasteiger partial charge is 0.193 e. The third-order valence-corrected chi connectivity index (χ3v) is 4.48. The van der Waals surface area contributed by atoms with E-state index in [1.165, 1.54) is 33.5 Å². The highest BCUT2D eigenvalue weighted by Gasteiger charge is 2.21. The van der Waals surface area contributed by atoms with Crippen LogP contribution in [0.5, 0.6) is 28.7 Å². The number of benzene rings is 2. The van der Waals surface area contributed by atoms with Crippen molar-refractivity contribution in [2.24, 2.45) is 0 Å². The molecule has 0 amide bonds. The van der Waals surface area contributed by atoms with E-state index in [0.717, 1.165) is 0 Å². The maximum atomic E-state index is 12.6. The molecule has 0 unspecified atom stereocenters. The minimum Gasteiger partial charge on any atom is -0.506 e. The number of hydrogen-bond donors (Lipinski definition) is 1. The molecule has 0 fully saturated rings. The van der Waals surface area contributed by atoms with Crippen molar-refractivity contribution in [3.05, 3.63) is 45.9 Å². The van der Waals surface area contributed by atoms with E-state index in [9.17, 15) is 9.90 Å². The summed E-state index contributed by atoms with van der Waals surface area (Å²) in [6, 6.07) is 6.77. The molecule has 2 rings (SSSR count). The van der Waals surface area contributed by atoms with Gasteiger partial charge in [-0.15, -0.1) is 0 Å². The zero-order valence-electron chi connectivity index (χ0n) is 14.8. The van der Waals surface area contributed by atoms with E-state index >= 15 is 0 Å². The predicted octanol–water partition coefficient (Wildman–Crippen LogP) is 4.09. The second kappa shape index (κ2) is 8.62. The number of halogens is 1. The van der Waals surface area contributed by atoms with Gasteiger partial charge in [0, 0.05) is 17.7 Å². The van der Waals surface area contributed by atoms with Crippen molar-refractivity contribution in [1.82, 2.24) is 0 Å². The molecule has 138 valence electrons. The van der Waals surface area contributed by atoms with Gasteiger partial charge in [0.05, 0.1) is 28.4 Å². The summed E-state index contributed by atoms with van der Waals surface area (Å²) in [5, 5.41) is 10.4. The first-order chi connectivity index (χ1) is 12.5. The van der Waals surface area contributed by atoms with Gasteiger partial charge in [0.1, 0.15) is 38.8 Å². The van der Waals surface area contributed by atoms with Crippen molar-refractivity contribution in [2.75, 3.05) is 28.4 Å². The van der Waals surface area contributed by atoms with Crippen LogP contribution in [-0.2, 0) is 0 Å². The zero-order chi connectivity index (χ0) is 19.3. The molecule has 7 heteroatoms. The Morgan fingerprint density at radius 2 is 1.62 bits per heavy atom. The third kappa shape index (κ3) is 3.94. The van der Waals surface area contributed by atoms with Crippen LogP contribution >= 0.6 is 15.9 Å². The quantitative estimate of drug-likeness (QED) is 0.534. The lowest BCUT2D eigenvalue weighted by Crippen LogP contribution is -2.01. The molecule has 0 aromatic heterocycles. The fourth-order valence-corrected chi connectivity index (χ4v) is 2.82. The molecule has 26 heavy (non-hydrogen) atoms. The standard InChI is InChI=1S/C19H19BrO6/c1-23-12-7-5-11(14(9-12)24-2)6-8-13(21)17-15(25-3)10-16(26-4)18(20)19(17)22/h5-10,22H,1-4H3/b8-6+. The molecule has 0 saturated heterocycles. The lowest BCUT2D eigenvalue weighted by molar-refractivity contribution is 0.104. The van der Waals surface area contributed by atoms with Gasteiger partial charge in [-0.05, 0) is 40.2 Å². The summed E-state index contributed by atoms with van der Waals surface area (Å²) >= 11 is 3.22. The molecule has 0 aliphatic carbocycles. The van der Waals surface area contributed by atoms with Crippen molar-refractivity contribution in [1.29, 1.82) is 0 Å². The Morgan fingerprint density at radius 3 is 2.19 bits per heavy atom. The van der Waals surface area contributed by atoms with E-state index < -0.39 is 5.78 Å². The summed E-state index contributed by atoms with van der Waals surface area (Å²) in [6.07, 6.45) is 2.93. The largest absolute Gasteiger partial charge is 0.506 e. The number of hydrogen-bond acceptors (Lipinski definition) is 6. The van der Waals surface area contributed by atoms with Gasteiger partial charge in [-0.1, -0.05) is 0 Å². The number of ether oxygens (including phenoxy) is 4. The Balaban J connectivity index is 2.42. The van der Waals surface area contributed by atoms with Crippen LogP contribution < -0.4 is 18.9 Å². The minimum absolute atomic E-state index is 0.0314. The molecule has 0 atom stereocenters. The summed E-state index contributed by atoms with van der Waals surface area (Å²) < 4.78 is 21.1. The molecule has 0 heterocycles. The van der Waals surface area contributed by atoms with Gasteiger partial charge in [0.25, 0.3) is 0 Å². The number of rotatable bonds is 7. The van der Waals surface area contributed by atoms with E-state index in [2.05, 4.69) is 15.9 Å². The number of phenols is 1. The van der Waals surface area contributed by atoms with Crippen molar-refractivity contribution >= 4 is 27.8 Å². The Morgan fingerprint density at radius 1 is 0.962 bits per heavy atom. The van der Waals surface area contributed by atoms with Gasteiger partial charge in [0.2, 0.25) is 0 Å². The van der Waals surface area contributed by atoms with Crippen LogP contribution in [0.15, 0.2) is 34.8 Å². The molecule has 0 aliphatic heterocycles. The van der Waals surface area contributed by atoms with E-state index in [4.69, 9.17) is 18.9 Å². The minimum atomic E-state index is -0.430. The first-order valence-corrected chi connectivity index (χ1v) is 8.34. The van der Waals surface area contributed by atoms with Crippen molar-refractivity contribution in [3.63, 3.8) is 0 Å². The first kappa shape index (κ1) is 19.7. The number of ketones is 1. The molecule has 0 saturated carbocycles. The van der Waals surface area contributed by atoms with Crippen LogP contribution in [0, 0.1) is 0 Å². The summed E-state index contributed by atoms with van der Waals surface area (Å²) in [6.45, 7) is 0. The number of carbonyl (C=O) groups is 1. The Hall–Kier alpha value is -2.67. The third-order valence-electron chi connectivity index (χ3n) is 3.71. The van der Waals surface area contributed by atoms with Crippen LogP contribution in [0.3, 0.4) is 0 Å². The molecular weight excluding hydrogens is 404 g/mol. The fraction of sp³-hybridized carbons (Fsp3) is 0.211. The highest BCUT2D eigenvalue weighted by molar-refractivity contribution is 9.10. The van der Waals surface area contributed by atoms with Crippen molar-refractivity contribution in [2.45, 2.75) is 0 Å². The topological polar surface area (TPSA) is 74.2 Å². The molecule has 6 nitrogen and oxygen atoms in total. The second-order valence-corrected chi connectivity index (χ2v) is 5.92. The monoisotopic (exact) mass is 422 g/mol. The van der Waals surface area contributed by atoms with Crippen LogP contribution in [0.25, 0.3) is 6.08 Å². The number of allylic oxidation sites excluding steroid dienone is 1. The Kier molecular flexibility index (Phi) is 6.52. The molecule has 0 spiro atoms. The molecule has 2 aromatic carbocycles. The van der Waals surface area contributed by atoms with E-state index in [1.54, 1.807) is 31.4 Å². The lowest BCUT2D eigenvalue weighted by Gasteiger charge is -2.13. The number of carbonyl (C=O) groups excluding carboxylic acids is 1. The van der Waals surface area contributed by atoms with Crippen LogP contribution in [0.2, 0.25) is 0 Å². The highest BCUT2D eigenvalue weighted by Crippen LogP contribution is 2.42. The maximum Gasteiger partial charge on any atom is 0.193 e. The second-order valence-electron chi connectivity index (χ2n) is 5.12. The summed E-state index contributed by atoms with van der Waals surface area (Å²) in [5.74, 6) is 1.08. The molecule has 2 aromatic rings. The Labute approximate surface area is 160 Å². The molecular formula is C19H19BrO6. The van der Waals surface area contributed by atoms with Crippen molar-refractivity contribution < 1.29 is 28.8 Å². The van der Waals surface area contributed by atoms with Crippen molar-refractivity contribution in [3.8, 4) is 28.7 Å². The average Bonchev–Trinajstić information content (AvgIpc) is 2.67. The number of aromatic hydroxyl groups is 1. The van der Waals surface area contributed by atoms with Gasteiger partial charge in [0.15, 0.2) is 5.78 Å². The Bertz CT molecular complexity index is 844. The number of phenolic OH excluding ortho intramolecular Hbond substituents is 1. The van der Waals surface area contributed by atoms with Gasteiger partial charge in [-0.2, -0.15) is 0 Å². The van der Waals surface area contributed by atoms with Gasteiger partial charge >= 0.3 is 0 Å². The first-order valence-electron chi connectivity index (χ1n) is 7.54. The molecule has 0 aliphatic rings. The summed E-state index contributed by atoms with van der Waals surface area (Å²) in [4.78, 5) is 12.6. The van der Waals surface area contributed by atoms with Gasteiger partial charge < -0.3 is 24.1 Å². The molecule has 0 radical (unpaired) electrons. The normalized spacial score (nSPS) is 10.7. The summed E-state index contributed by atoms with van der Waals surface area (Å²) in [7, 11) is 5.96.